The van der Waals surface area contributed by atoms with Crippen molar-refractivity contribution in [1.82, 2.24) is 0 Å². The summed E-state index contributed by atoms with van der Waals surface area (Å²) in [6, 6.07) is 17.9. The van der Waals surface area contributed by atoms with Crippen molar-refractivity contribution in [2.45, 2.75) is 13.3 Å². The molecule has 0 bridgehead atoms. The van der Waals surface area contributed by atoms with Crippen molar-refractivity contribution in [3.05, 3.63) is 106 Å². The summed E-state index contributed by atoms with van der Waals surface area (Å²) in [6.45, 7) is 2.00. The van der Waals surface area contributed by atoms with Gasteiger partial charge < -0.3 is 5.32 Å². The summed E-state index contributed by atoms with van der Waals surface area (Å²) in [7, 11) is 0. The first-order valence-corrected chi connectivity index (χ1v) is 9.88. The normalized spacial score (nSPS) is 13.6. The van der Waals surface area contributed by atoms with Crippen LogP contribution in [-0.4, -0.2) is 16.7 Å². The first-order chi connectivity index (χ1) is 15.4. The van der Waals surface area contributed by atoms with E-state index in [0.717, 1.165) is 16.9 Å². The molecule has 2 amide bonds. The van der Waals surface area contributed by atoms with Crippen molar-refractivity contribution in [1.29, 1.82) is 0 Å². The standard InChI is InChI=1S/C24H18FN3O4/c1-2-15-6-10-19(11-7-15)27-23(29)21(16-8-12-20(13-9-16)28(31)32)22(24(27)30)26-18-5-3-4-17(25)14-18/h3-14,26H,2H2,1H3. The molecule has 3 aromatic rings. The highest BCUT2D eigenvalue weighted by molar-refractivity contribution is 6.46. The highest BCUT2D eigenvalue weighted by Gasteiger charge is 2.40. The van der Waals surface area contributed by atoms with Crippen LogP contribution in [0.5, 0.6) is 0 Å². The predicted molar refractivity (Wildman–Crippen MR) is 118 cm³/mol. The molecule has 1 heterocycles. The number of rotatable bonds is 6. The number of imide groups is 1. The van der Waals surface area contributed by atoms with E-state index in [-0.39, 0.29) is 17.0 Å². The first kappa shape index (κ1) is 20.9. The average molecular weight is 431 g/mol. The number of hydrogen-bond donors (Lipinski definition) is 1. The van der Waals surface area contributed by atoms with Crippen molar-refractivity contribution >= 4 is 34.4 Å². The lowest BCUT2D eigenvalue weighted by molar-refractivity contribution is -0.384. The number of nitro groups is 1. The molecule has 1 aliphatic heterocycles. The minimum absolute atomic E-state index is 0.0333. The van der Waals surface area contributed by atoms with E-state index in [1.165, 1.54) is 42.5 Å². The third-order valence-electron chi connectivity index (χ3n) is 5.15. The fourth-order valence-corrected chi connectivity index (χ4v) is 3.49. The van der Waals surface area contributed by atoms with Gasteiger partial charge in [-0.05, 0) is 60.0 Å². The molecule has 8 heteroatoms. The highest BCUT2D eigenvalue weighted by atomic mass is 19.1. The van der Waals surface area contributed by atoms with Gasteiger partial charge in [0.1, 0.15) is 11.5 Å². The first-order valence-electron chi connectivity index (χ1n) is 9.88. The quantitative estimate of drug-likeness (QED) is 0.347. The maximum Gasteiger partial charge on any atom is 0.282 e. The van der Waals surface area contributed by atoms with Crippen molar-refractivity contribution in [2.24, 2.45) is 0 Å². The summed E-state index contributed by atoms with van der Waals surface area (Å²) in [5.41, 5.74) is 1.95. The maximum absolute atomic E-state index is 13.7. The van der Waals surface area contributed by atoms with Crippen LogP contribution in [0.1, 0.15) is 18.1 Å². The Balaban J connectivity index is 1.80. The molecule has 0 aliphatic carbocycles. The molecule has 0 saturated carbocycles. The van der Waals surface area contributed by atoms with Gasteiger partial charge in [-0.1, -0.05) is 25.1 Å². The molecule has 32 heavy (non-hydrogen) atoms. The number of carbonyl (C=O) groups is 2. The number of benzene rings is 3. The van der Waals surface area contributed by atoms with Crippen molar-refractivity contribution < 1.29 is 18.9 Å². The number of aryl methyl sites for hydroxylation is 1. The third-order valence-corrected chi connectivity index (χ3v) is 5.15. The van der Waals surface area contributed by atoms with Crippen LogP contribution in [0.2, 0.25) is 0 Å². The van der Waals surface area contributed by atoms with Gasteiger partial charge >= 0.3 is 0 Å². The number of nitro benzene ring substituents is 1. The zero-order valence-electron chi connectivity index (χ0n) is 17.0. The van der Waals surface area contributed by atoms with E-state index in [1.54, 1.807) is 18.2 Å². The minimum atomic E-state index is -0.600. The summed E-state index contributed by atoms with van der Waals surface area (Å²) >= 11 is 0. The molecule has 0 atom stereocenters. The van der Waals surface area contributed by atoms with Crippen LogP contribution >= 0.6 is 0 Å². The number of amides is 2. The SMILES string of the molecule is CCc1ccc(N2C(=O)C(Nc3cccc(F)c3)=C(c3ccc([N+](=O)[O-])cc3)C2=O)cc1. The molecule has 1 N–H and O–H groups in total. The molecule has 1 aliphatic rings. The summed E-state index contributed by atoms with van der Waals surface area (Å²) in [4.78, 5) is 38.1. The second-order valence-electron chi connectivity index (χ2n) is 7.16. The number of nitrogens with zero attached hydrogens (tertiary/aromatic N) is 2. The molecular formula is C24H18FN3O4. The molecule has 3 aromatic carbocycles. The van der Waals surface area contributed by atoms with Crippen LogP contribution in [-0.2, 0) is 16.0 Å². The Morgan fingerprint density at radius 3 is 2.25 bits per heavy atom. The Labute approximate surface area is 182 Å². The number of hydrogen-bond acceptors (Lipinski definition) is 5. The van der Waals surface area contributed by atoms with Crippen LogP contribution in [0.4, 0.5) is 21.5 Å². The Bertz CT molecular complexity index is 1250. The summed E-state index contributed by atoms with van der Waals surface area (Å²) in [6.07, 6.45) is 0.806. The average Bonchev–Trinajstić information content (AvgIpc) is 3.03. The lowest BCUT2D eigenvalue weighted by Crippen LogP contribution is -2.32. The lowest BCUT2D eigenvalue weighted by Gasteiger charge is -2.16. The molecule has 0 unspecified atom stereocenters. The Kier molecular flexibility index (Phi) is 5.51. The van der Waals surface area contributed by atoms with E-state index in [9.17, 15) is 24.1 Å². The van der Waals surface area contributed by atoms with E-state index in [2.05, 4.69) is 5.32 Å². The van der Waals surface area contributed by atoms with E-state index >= 15 is 0 Å². The molecular weight excluding hydrogens is 413 g/mol. The Morgan fingerprint density at radius 2 is 1.66 bits per heavy atom. The summed E-state index contributed by atoms with van der Waals surface area (Å²) in [5, 5.41) is 13.9. The van der Waals surface area contributed by atoms with Gasteiger partial charge in [0.25, 0.3) is 17.5 Å². The summed E-state index contributed by atoms with van der Waals surface area (Å²) < 4.78 is 13.7. The van der Waals surface area contributed by atoms with Crippen molar-refractivity contribution in [3.8, 4) is 0 Å². The van der Waals surface area contributed by atoms with Gasteiger partial charge in [-0.3, -0.25) is 19.7 Å². The predicted octanol–water partition coefficient (Wildman–Crippen LogP) is 4.69. The number of anilines is 2. The molecule has 0 aromatic heterocycles. The van der Waals surface area contributed by atoms with Gasteiger partial charge in [0, 0.05) is 17.8 Å². The van der Waals surface area contributed by atoms with Crippen molar-refractivity contribution in [2.75, 3.05) is 10.2 Å². The monoisotopic (exact) mass is 431 g/mol. The Hall–Kier alpha value is -4.33. The van der Waals surface area contributed by atoms with E-state index in [0.29, 0.717) is 16.9 Å². The van der Waals surface area contributed by atoms with E-state index in [4.69, 9.17) is 0 Å². The third kappa shape index (κ3) is 3.85. The van der Waals surface area contributed by atoms with E-state index in [1.807, 2.05) is 19.1 Å². The van der Waals surface area contributed by atoms with Crippen molar-refractivity contribution in [3.63, 3.8) is 0 Å². The molecule has 160 valence electrons. The summed E-state index contributed by atoms with van der Waals surface area (Å²) in [5.74, 6) is -1.68. The van der Waals surface area contributed by atoms with Crippen LogP contribution in [0, 0.1) is 15.9 Å². The van der Waals surface area contributed by atoms with Gasteiger partial charge in [0.15, 0.2) is 0 Å². The number of nitrogens with one attached hydrogen (secondary N) is 1. The fraction of sp³-hybridized carbons (Fsp3) is 0.0833. The number of non-ortho nitro benzene ring substituents is 1. The number of carbonyl (C=O) groups excluding carboxylic acids is 2. The van der Waals surface area contributed by atoms with E-state index < -0.39 is 22.6 Å². The van der Waals surface area contributed by atoms with Gasteiger partial charge in [-0.25, -0.2) is 9.29 Å². The van der Waals surface area contributed by atoms with Gasteiger partial charge in [-0.2, -0.15) is 0 Å². The Morgan fingerprint density at radius 1 is 0.969 bits per heavy atom. The van der Waals surface area contributed by atoms with Gasteiger partial charge in [-0.15, -0.1) is 0 Å². The second kappa shape index (κ2) is 8.43. The van der Waals surface area contributed by atoms with Gasteiger partial charge in [0.2, 0.25) is 0 Å². The maximum atomic E-state index is 13.7. The molecule has 0 spiro atoms. The highest BCUT2D eigenvalue weighted by Crippen LogP contribution is 2.34. The van der Waals surface area contributed by atoms with Gasteiger partial charge in [0.05, 0.1) is 16.2 Å². The topological polar surface area (TPSA) is 92.6 Å². The van der Waals surface area contributed by atoms with Crippen LogP contribution in [0.25, 0.3) is 5.57 Å². The molecule has 7 nitrogen and oxygen atoms in total. The second-order valence-corrected chi connectivity index (χ2v) is 7.16. The number of halogens is 1. The molecule has 0 fully saturated rings. The minimum Gasteiger partial charge on any atom is -0.350 e. The fourth-order valence-electron chi connectivity index (χ4n) is 3.49. The lowest BCUT2D eigenvalue weighted by atomic mass is 10.0. The molecule has 0 radical (unpaired) electrons. The zero-order chi connectivity index (χ0) is 22.8. The van der Waals surface area contributed by atoms with Crippen LogP contribution in [0.3, 0.4) is 0 Å². The zero-order valence-corrected chi connectivity index (χ0v) is 17.0. The largest absolute Gasteiger partial charge is 0.350 e. The molecule has 4 rings (SSSR count). The van der Waals surface area contributed by atoms with Crippen LogP contribution < -0.4 is 10.2 Å². The smallest absolute Gasteiger partial charge is 0.282 e. The van der Waals surface area contributed by atoms with Crippen LogP contribution in [0.15, 0.2) is 78.5 Å². The molecule has 0 saturated heterocycles.